The van der Waals surface area contributed by atoms with E-state index in [1.54, 1.807) is 0 Å². The highest BCUT2D eigenvalue weighted by Gasteiger charge is 2.35. The number of hydrogen-bond acceptors (Lipinski definition) is 4. The van der Waals surface area contributed by atoms with E-state index in [1.807, 2.05) is 6.07 Å². The van der Waals surface area contributed by atoms with Crippen molar-refractivity contribution in [2.75, 3.05) is 0 Å². The van der Waals surface area contributed by atoms with Crippen LogP contribution in [0.3, 0.4) is 0 Å². The number of rotatable bonds is 4. The largest absolute Gasteiger partial charge is 0.274 e. The van der Waals surface area contributed by atoms with Crippen molar-refractivity contribution in [2.24, 2.45) is 4.40 Å². The summed E-state index contributed by atoms with van der Waals surface area (Å²) in [6.45, 7) is 13.6. The van der Waals surface area contributed by atoms with Gasteiger partial charge in [0.2, 0.25) is 5.17 Å². The molecule has 0 bridgehead atoms. The SMILES string of the molecule is C[Si](C)(C)N(S/N=C(\Cl)C#N)[Si](C)(C)C. The monoisotopic (exact) mass is 279 g/mol. The van der Waals surface area contributed by atoms with Gasteiger partial charge in [0.15, 0.2) is 0 Å². The summed E-state index contributed by atoms with van der Waals surface area (Å²) < 4.78 is 6.40. The predicted molar refractivity (Wildman–Crippen MR) is 75.0 cm³/mol. The first kappa shape index (κ1) is 15.2. The van der Waals surface area contributed by atoms with Crippen LogP contribution in [0.5, 0.6) is 0 Å². The van der Waals surface area contributed by atoms with Crippen LogP contribution in [0.2, 0.25) is 39.3 Å². The third-order valence-corrected chi connectivity index (χ3v) is 12.4. The quantitative estimate of drug-likeness (QED) is 0.448. The van der Waals surface area contributed by atoms with Crippen LogP contribution in [0.25, 0.3) is 0 Å². The Morgan fingerprint density at radius 2 is 1.60 bits per heavy atom. The molecule has 0 unspecified atom stereocenters. The second-order valence-electron chi connectivity index (χ2n) is 5.21. The van der Waals surface area contributed by atoms with Gasteiger partial charge in [-0.25, -0.2) is 0 Å². The van der Waals surface area contributed by atoms with E-state index < -0.39 is 16.5 Å². The second kappa shape index (κ2) is 5.50. The zero-order valence-corrected chi connectivity index (χ0v) is 13.7. The zero-order valence-electron chi connectivity index (χ0n) is 10.1. The van der Waals surface area contributed by atoms with E-state index in [0.29, 0.717) is 0 Å². The van der Waals surface area contributed by atoms with Crippen LogP contribution in [0.15, 0.2) is 4.40 Å². The Hall–Kier alpha value is 0.194. The first-order valence-electron chi connectivity index (χ1n) is 4.70. The lowest BCUT2D eigenvalue weighted by Crippen LogP contribution is -2.54. The van der Waals surface area contributed by atoms with Crippen molar-refractivity contribution >= 4 is 45.4 Å². The van der Waals surface area contributed by atoms with Crippen LogP contribution in [0, 0.1) is 11.3 Å². The molecular weight excluding hydrogens is 262 g/mol. The maximum atomic E-state index is 8.53. The Labute approximate surface area is 104 Å². The number of nitriles is 1. The molecule has 7 heteroatoms. The van der Waals surface area contributed by atoms with Crippen LogP contribution >= 0.6 is 23.7 Å². The van der Waals surface area contributed by atoms with Crippen LogP contribution in [-0.2, 0) is 0 Å². The van der Waals surface area contributed by atoms with Gasteiger partial charge in [0.25, 0.3) is 0 Å². The van der Waals surface area contributed by atoms with Crippen molar-refractivity contribution in [1.82, 2.24) is 3.64 Å². The van der Waals surface area contributed by atoms with Gasteiger partial charge in [-0.1, -0.05) is 39.3 Å². The number of hydrogen-bond donors (Lipinski definition) is 0. The molecule has 0 rings (SSSR count). The molecule has 0 radical (unpaired) electrons. The van der Waals surface area contributed by atoms with Crippen LogP contribution in [0.4, 0.5) is 0 Å². The Morgan fingerprint density at radius 1 is 1.20 bits per heavy atom. The molecule has 0 spiro atoms. The lowest BCUT2D eigenvalue weighted by atomic mass is 10.9. The molecule has 15 heavy (non-hydrogen) atoms. The highest BCUT2D eigenvalue weighted by Crippen LogP contribution is 2.29. The van der Waals surface area contributed by atoms with E-state index in [0.717, 1.165) is 0 Å². The summed E-state index contributed by atoms with van der Waals surface area (Å²) in [5.41, 5.74) is 0. The summed E-state index contributed by atoms with van der Waals surface area (Å²) in [6, 6.07) is 1.82. The Kier molecular flexibility index (Phi) is 5.57. The van der Waals surface area contributed by atoms with Crippen molar-refractivity contribution in [2.45, 2.75) is 39.3 Å². The minimum Gasteiger partial charge on any atom is -0.274 e. The molecular formula is C8H18ClN3SSi2. The summed E-state index contributed by atoms with van der Waals surface area (Å²) in [6.07, 6.45) is 0. The molecule has 0 aliphatic carbocycles. The highest BCUT2D eigenvalue weighted by molar-refractivity contribution is 7.98. The summed E-state index contributed by atoms with van der Waals surface area (Å²) in [5, 5.41) is 8.55. The molecule has 0 aromatic rings. The molecule has 0 heterocycles. The average Bonchev–Trinajstić information content (AvgIpc) is 1.99. The van der Waals surface area contributed by atoms with Crippen molar-refractivity contribution in [3.05, 3.63) is 0 Å². The first-order chi connectivity index (χ1) is 6.59. The number of nitrogens with zero attached hydrogens (tertiary/aromatic N) is 3. The molecule has 0 fully saturated rings. The van der Waals surface area contributed by atoms with Crippen molar-refractivity contribution < 1.29 is 0 Å². The van der Waals surface area contributed by atoms with E-state index in [1.165, 1.54) is 12.1 Å². The van der Waals surface area contributed by atoms with Crippen LogP contribution < -0.4 is 0 Å². The molecule has 0 atom stereocenters. The van der Waals surface area contributed by atoms with Gasteiger partial charge in [-0.2, -0.15) is 9.66 Å². The Balaban J connectivity index is 4.80. The standard InChI is InChI=1S/C8H18ClN3SSi2/c1-14(2,3)12(15(4,5)6)13-11-8(9)7-10/h1-6H3/b11-8-. The Morgan fingerprint density at radius 3 is 1.87 bits per heavy atom. The topological polar surface area (TPSA) is 39.4 Å². The third kappa shape index (κ3) is 5.73. The van der Waals surface area contributed by atoms with Gasteiger partial charge >= 0.3 is 0 Å². The average molecular weight is 280 g/mol. The van der Waals surface area contributed by atoms with E-state index >= 15 is 0 Å². The summed E-state index contributed by atoms with van der Waals surface area (Å²) in [7, 11) is -2.84. The van der Waals surface area contributed by atoms with Gasteiger partial charge in [-0.05, 0) is 11.6 Å². The summed E-state index contributed by atoms with van der Waals surface area (Å²) in [5.74, 6) is 0. The third-order valence-electron chi connectivity index (χ3n) is 1.51. The van der Waals surface area contributed by atoms with Gasteiger partial charge < -0.3 is 0 Å². The number of halogens is 1. The fraction of sp³-hybridized carbons (Fsp3) is 0.750. The van der Waals surface area contributed by atoms with Crippen LogP contribution in [0.1, 0.15) is 0 Å². The van der Waals surface area contributed by atoms with E-state index in [4.69, 9.17) is 16.9 Å². The maximum Gasteiger partial charge on any atom is 0.215 e. The molecule has 0 aliphatic rings. The predicted octanol–water partition coefficient (Wildman–Crippen LogP) is 3.68. The molecule has 0 saturated heterocycles. The molecule has 0 aromatic heterocycles. The van der Waals surface area contributed by atoms with Gasteiger partial charge in [-0.3, -0.25) is 3.64 Å². The minimum absolute atomic E-state index is 0.0153. The first-order valence-corrected chi connectivity index (χ1v) is 12.7. The van der Waals surface area contributed by atoms with Crippen LogP contribution in [-0.4, -0.2) is 25.3 Å². The van der Waals surface area contributed by atoms with Crippen molar-refractivity contribution in [1.29, 1.82) is 5.26 Å². The molecule has 0 saturated carbocycles. The summed E-state index contributed by atoms with van der Waals surface area (Å²) in [4.78, 5) is 0. The Bertz CT molecular complexity index is 274. The van der Waals surface area contributed by atoms with Crippen molar-refractivity contribution in [3.8, 4) is 6.07 Å². The van der Waals surface area contributed by atoms with Gasteiger partial charge in [0.05, 0.1) is 0 Å². The molecule has 0 amide bonds. The van der Waals surface area contributed by atoms with E-state index in [-0.39, 0.29) is 5.17 Å². The smallest absolute Gasteiger partial charge is 0.215 e. The van der Waals surface area contributed by atoms with E-state index in [2.05, 4.69) is 47.3 Å². The lowest BCUT2D eigenvalue weighted by Gasteiger charge is -2.40. The molecule has 0 aromatic carbocycles. The summed E-state index contributed by atoms with van der Waals surface area (Å²) >= 11 is 6.94. The maximum absolute atomic E-state index is 8.53. The van der Waals surface area contributed by atoms with Gasteiger partial charge in [0, 0.05) is 12.1 Å². The normalized spacial score (nSPS) is 14.2. The fourth-order valence-electron chi connectivity index (χ4n) is 1.35. The fourth-order valence-corrected chi connectivity index (χ4v) is 11.9. The molecule has 3 nitrogen and oxygen atoms in total. The lowest BCUT2D eigenvalue weighted by molar-refractivity contribution is 1.000. The van der Waals surface area contributed by atoms with Crippen molar-refractivity contribution in [3.63, 3.8) is 0 Å². The molecule has 86 valence electrons. The highest BCUT2D eigenvalue weighted by atomic mass is 35.5. The van der Waals surface area contributed by atoms with Gasteiger partial charge in [0.1, 0.15) is 22.5 Å². The second-order valence-corrected chi connectivity index (χ2v) is 17.0. The zero-order chi connectivity index (χ0) is 12.3. The minimum atomic E-state index is -1.42. The van der Waals surface area contributed by atoms with E-state index in [9.17, 15) is 0 Å². The van der Waals surface area contributed by atoms with Gasteiger partial charge in [-0.15, -0.1) is 0 Å². The molecule has 0 N–H and O–H groups in total. The molecule has 0 aliphatic heterocycles.